The molecule has 0 aliphatic rings. The van der Waals surface area contributed by atoms with E-state index in [1.165, 1.54) is 22.8 Å². The monoisotopic (exact) mass is 396 g/mol. The number of aryl methyl sites for hydroxylation is 2. The Labute approximate surface area is 165 Å². The van der Waals surface area contributed by atoms with E-state index in [1.807, 2.05) is 6.92 Å². The Balaban J connectivity index is 1.66. The van der Waals surface area contributed by atoms with E-state index in [-0.39, 0.29) is 23.3 Å². The van der Waals surface area contributed by atoms with E-state index in [2.05, 4.69) is 20.9 Å². The molecule has 0 spiro atoms. The number of rotatable bonds is 5. The molecule has 0 fully saturated rings. The minimum absolute atomic E-state index is 0.0538. The second kappa shape index (κ2) is 7.97. The lowest BCUT2D eigenvalue weighted by atomic mass is 10.1. The molecule has 0 saturated heterocycles. The highest BCUT2D eigenvalue weighted by molar-refractivity contribution is 5.98. The molecule has 2 heterocycles. The van der Waals surface area contributed by atoms with Crippen LogP contribution in [0.3, 0.4) is 0 Å². The lowest BCUT2D eigenvalue weighted by molar-refractivity contribution is -0.121. The van der Waals surface area contributed by atoms with E-state index in [4.69, 9.17) is 5.73 Å². The van der Waals surface area contributed by atoms with Crippen molar-refractivity contribution in [3.05, 3.63) is 58.5 Å². The number of nitrogens with two attached hydrogens (primary N) is 1. The van der Waals surface area contributed by atoms with Crippen molar-refractivity contribution in [3.8, 4) is 5.75 Å². The van der Waals surface area contributed by atoms with Crippen LogP contribution >= 0.6 is 0 Å². The number of phenols is 1. The standard InChI is InChI=1S/C19H20N6O4/c1-10-12(11(2)25-18(22-10)14(9-21-25)17(20)28)7-8-16(27)23-24-19(29)13-5-3-4-6-15(13)26/h3-6,9,26H,7-8H2,1-2H3,(H2,20,28)(H,23,27)(H,24,29). The molecule has 1 aromatic carbocycles. The number of nitrogens with one attached hydrogen (secondary N) is 2. The number of hydrazine groups is 1. The summed E-state index contributed by atoms with van der Waals surface area (Å²) in [5.41, 5.74) is 12.8. The number of amides is 3. The van der Waals surface area contributed by atoms with Crippen LogP contribution in [0.1, 0.15) is 44.1 Å². The van der Waals surface area contributed by atoms with Crippen molar-refractivity contribution < 1.29 is 19.5 Å². The molecule has 3 aromatic rings. The molecular formula is C19H20N6O4. The van der Waals surface area contributed by atoms with E-state index in [1.54, 1.807) is 19.1 Å². The predicted octanol–water partition coefficient (Wildman–Crippen LogP) is 0.544. The highest BCUT2D eigenvalue weighted by Gasteiger charge is 2.17. The van der Waals surface area contributed by atoms with Crippen LogP contribution in [0, 0.1) is 13.8 Å². The van der Waals surface area contributed by atoms with Gasteiger partial charge in [0.15, 0.2) is 5.65 Å². The molecule has 0 aliphatic carbocycles. The van der Waals surface area contributed by atoms with Gasteiger partial charge in [0.1, 0.15) is 11.3 Å². The third kappa shape index (κ3) is 4.00. The Morgan fingerprint density at radius 3 is 2.55 bits per heavy atom. The smallest absolute Gasteiger partial charge is 0.273 e. The van der Waals surface area contributed by atoms with Gasteiger partial charge in [0.2, 0.25) is 5.91 Å². The number of fused-ring (bicyclic) bond motifs is 1. The number of aromatic nitrogens is 3. The zero-order valence-electron chi connectivity index (χ0n) is 15.9. The van der Waals surface area contributed by atoms with E-state index >= 15 is 0 Å². The largest absolute Gasteiger partial charge is 0.507 e. The second-order valence-electron chi connectivity index (χ2n) is 6.44. The van der Waals surface area contributed by atoms with Gasteiger partial charge >= 0.3 is 0 Å². The first kappa shape index (κ1) is 19.8. The first-order chi connectivity index (χ1) is 13.8. The number of hydrogen-bond donors (Lipinski definition) is 4. The fourth-order valence-electron chi connectivity index (χ4n) is 3.01. The summed E-state index contributed by atoms with van der Waals surface area (Å²) < 4.78 is 1.51. The Morgan fingerprint density at radius 2 is 1.86 bits per heavy atom. The fourth-order valence-corrected chi connectivity index (χ4v) is 3.01. The van der Waals surface area contributed by atoms with Crippen LogP contribution in [0.4, 0.5) is 0 Å². The van der Waals surface area contributed by atoms with Gasteiger partial charge in [0.05, 0.1) is 11.8 Å². The lowest BCUT2D eigenvalue weighted by Gasteiger charge is -2.12. The average Bonchev–Trinajstić information content (AvgIpc) is 3.10. The van der Waals surface area contributed by atoms with Crippen LogP contribution in [0.15, 0.2) is 30.5 Å². The third-order valence-corrected chi connectivity index (χ3v) is 4.54. The third-order valence-electron chi connectivity index (χ3n) is 4.54. The van der Waals surface area contributed by atoms with E-state index in [0.29, 0.717) is 17.8 Å². The summed E-state index contributed by atoms with van der Waals surface area (Å²) in [4.78, 5) is 40.0. The van der Waals surface area contributed by atoms with Gasteiger partial charge in [-0.2, -0.15) is 5.10 Å². The van der Waals surface area contributed by atoms with Crippen LogP contribution in [0.2, 0.25) is 0 Å². The predicted molar refractivity (Wildman–Crippen MR) is 103 cm³/mol. The molecule has 2 aromatic heterocycles. The van der Waals surface area contributed by atoms with Crippen LogP contribution in [-0.4, -0.2) is 37.4 Å². The van der Waals surface area contributed by atoms with Gasteiger partial charge in [-0.15, -0.1) is 0 Å². The maximum Gasteiger partial charge on any atom is 0.273 e. The summed E-state index contributed by atoms with van der Waals surface area (Å²) in [6, 6.07) is 6.01. The number of hydrogen-bond acceptors (Lipinski definition) is 6. The Morgan fingerprint density at radius 1 is 1.14 bits per heavy atom. The number of phenolic OH excluding ortho intramolecular Hbond substituents is 1. The van der Waals surface area contributed by atoms with Crippen LogP contribution < -0.4 is 16.6 Å². The van der Waals surface area contributed by atoms with Crippen molar-refractivity contribution in [3.63, 3.8) is 0 Å². The summed E-state index contributed by atoms with van der Waals surface area (Å²) in [6.07, 6.45) is 1.80. The van der Waals surface area contributed by atoms with E-state index in [9.17, 15) is 19.5 Å². The van der Waals surface area contributed by atoms with Crippen LogP contribution in [0.25, 0.3) is 5.65 Å². The lowest BCUT2D eigenvalue weighted by Crippen LogP contribution is -2.41. The van der Waals surface area contributed by atoms with Gasteiger partial charge in [-0.1, -0.05) is 12.1 Å². The molecule has 10 nitrogen and oxygen atoms in total. The van der Waals surface area contributed by atoms with Crippen molar-refractivity contribution in [1.29, 1.82) is 0 Å². The van der Waals surface area contributed by atoms with Gasteiger partial charge in [-0.25, -0.2) is 9.50 Å². The van der Waals surface area contributed by atoms with Gasteiger partial charge in [0, 0.05) is 17.8 Å². The minimum Gasteiger partial charge on any atom is -0.507 e. The molecule has 150 valence electrons. The van der Waals surface area contributed by atoms with Crippen molar-refractivity contribution in [2.45, 2.75) is 26.7 Å². The molecular weight excluding hydrogens is 376 g/mol. The van der Waals surface area contributed by atoms with Crippen molar-refractivity contribution in [2.75, 3.05) is 0 Å². The number of carbonyl (C=O) groups is 3. The van der Waals surface area contributed by atoms with E-state index < -0.39 is 17.7 Å². The first-order valence-corrected chi connectivity index (χ1v) is 8.80. The Hall–Kier alpha value is -3.95. The highest BCUT2D eigenvalue weighted by atomic mass is 16.3. The maximum absolute atomic E-state index is 12.1. The number of nitrogens with zero attached hydrogens (tertiary/aromatic N) is 3. The van der Waals surface area contributed by atoms with Crippen LogP contribution in [0.5, 0.6) is 5.75 Å². The number of benzene rings is 1. The fraction of sp³-hybridized carbons (Fsp3) is 0.211. The number of primary amides is 1. The molecule has 0 saturated carbocycles. The van der Waals surface area contributed by atoms with Crippen LogP contribution in [-0.2, 0) is 11.2 Å². The number of carbonyl (C=O) groups excluding carboxylic acids is 3. The quantitative estimate of drug-likeness (QED) is 0.462. The maximum atomic E-state index is 12.1. The number of para-hydroxylation sites is 1. The number of aromatic hydroxyl groups is 1. The average molecular weight is 396 g/mol. The van der Waals surface area contributed by atoms with Crippen molar-refractivity contribution in [1.82, 2.24) is 25.4 Å². The Bertz CT molecular complexity index is 1120. The first-order valence-electron chi connectivity index (χ1n) is 8.80. The SMILES string of the molecule is Cc1nc2c(C(N)=O)cnn2c(C)c1CCC(=O)NNC(=O)c1ccccc1O. The molecule has 0 atom stereocenters. The molecule has 3 amide bonds. The Kier molecular flexibility index (Phi) is 5.44. The van der Waals surface area contributed by atoms with Gasteiger partial charge in [0.25, 0.3) is 11.8 Å². The molecule has 0 bridgehead atoms. The molecule has 10 heteroatoms. The van der Waals surface area contributed by atoms with Gasteiger partial charge in [-0.05, 0) is 38.0 Å². The topological polar surface area (TPSA) is 152 Å². The summed E-state index contributed by atoms with van der Waals surface area (Å²) in [6.45, 7) is 3.59. The van der Waals surface area contributed by atoms with Crippen molar-refractivity contribution in [2.24, 2.45) is 5.73 Å². The molecule has 0 radical (unpaired) electrons. The molecule has 29 heavy (non-hydrogen) atoms. The highest BCUT2D eigenvalue weighted by Crippen LogP contribution is 2.18. The van der Waals surface area contributed by atoms with E-state index in [0.717, 1.165) is 11.3 Å². The minimum atomic E-state index is -0.623. The second-order valence-corrected chi connectivity index (χ2v) is 6.44. The summed E-state index contributed by atoms with van der Waals surface area (Å²) in [5.74, 6) is -1.83. The molecule has 3 rings (SSSR count). The zero-order chi connectivity index (χ0) is 21.1. The van der Waals surface area contributed by atoms with Gasteiger partial charge in [-0.3, -0.25) is 25.2 Å². The molecule has 0 unspecified atom stereocenters. The summed E-state index contributed by atoms with van der Waals surface area (Å²) >= 11 is 0. The summed E-state index contributed by atoms with van der Waals surface area (Å²) in [7, 11) is 0. The van der Waals surface area contributed by atoms with Gasteiger partial charge < -0.3 is 10.8 Å². The van der Waals surface area contributed by atoms with Crippen molar-refractivity contribution >= 4 is 23.4 Å². The molecule has 0 aliphatic heterocycles. The zero-order valence-corrected chi connectivity index (χ0v) is 15.9. The normalized spacial score (nSPS) is 10.7. The molecule has 5 N–H and O–H groups in total. The summed E-state index contributed by atoms with van der Waals surface area (Å²) in [5, 5.41) is 13.8.